The van der Waals surface area contributed by atoms with E-state index in [4.69, 9.17) is 0 Å². The minimum absolute atomic E-state index is 0.775. The molecule has 0 atom stereocenters. The molecule has 13 heavy (non-hydrogen) atoms. The van der Waals surface area contributed by atoms with Crippen LogP contribution in [0.5, 0.6) is 0 Å². The van der Waals surface area contributed by atoms with Gasteiger partial charge in [0.15, 0.2) is 0 Å². The van der Waals surface area contributed by atoms with Crippen molar-refractivity contribution < 1.29 is 0 Å². The lowest BCUT2D eigenvalue weighted by Gasteiger charge is -2.08. The Morgan fingerprint density at radius 1 is 1.38 bits per heavy atom. The van der Waals surface area contributed by atoms with Crippen LogP contribution >= 0.6 is 0 Å². The van der Waals surface area contributed by atoms with E-state index in [0.29, 0.717) is 0 Å². The van der Waals surface area contributed by atoms with Gasteiger partial charge in [0.2, 0.25) is 0 Å². The van der Waals surface area contributed by atoms with Crippen LogP contribution in [0.25, 0.3) is 0 Å². The smallest absolute Gasteiger partial charge is 0.139 e. The van der Waals surface area contributed by atoms with E-state index in [-0.39, 0.29) is 0 Å². The Morgan fingerprint density at radius 2 is 2.15 bits per heavy atom. The monoisotopic (exact) mass is 175 g/mol. The van der Waals surface area contributed by atoms with Gasteiger partial charge in [0, 0.05) is 12.2 Å². The molecule has 1 N–H and O–H groups in total. The summed E-state index contributed by atoms with van der Waals surface area (Å²) in [6.45, 7) is 5.57. The molecule has 0 heterocycles. The first kappa shape index (κ1) is 10.2. The van der Waals surface area contributed by atoms with Crippen LogP contribution in [0.4, 0.5) is 5.69 Å². The SMILES string of the molecule is Bc1cccc(NCCC(C)C)c1. The minimum atomic E-state index is 0.775. The fourth-order valence-electron chi connectivity index (χ4n) is 1.26. The van der Waals surface area contributed by atoms with Crippen LogP contribution in [0, 0.1) is 5.92 Å². The number of nitrogens with one attached hydrogen (secondary N) is 1. The molecule has 0 saturated carbocycles. The number of hydrogen-bond acceptors (Lipinski definition) is 1. The molecule has 70 valence electrons. The average Bonchev–Trinajstić information content (AvgIpc) is 2.03. The van der Waals surface area contributed by atoms with Crippen LogP contribution in [0.3, 0.4) is 0 Å². The van der Waals surface area contributed by atoms with Gasteiger partial charge in [0.1, 0.15) is 7.85 Å². The molecule has 0 unspecified atom stereocenters. The molecule has 0 amide bonds. The summed E-state index contributed by atoms with van der Waals surface area (Å²) in [5.41, 5.74) is 2.55. The van der Waals surface area contributed by atoms with Gasteiger partial charge in [0.05, 0.1) is 0 Å². The summed E-state index contributed by atoms with van der Waals surface area (Å²) in [6, 6.07) is 8.51. The Balaban J connectivity index is 2.37. The first-order valence-electron chi connectivity index (χ1n) is 4.99. The van der Waals surface area contributed by atoms with Gasteiger partial charge in [-0.2, -0.15) is 0 Å². The second-order valence-electron chi connectivity index (χ2n) is 3.98. The van der Waals surface area contributed by atoms with Gasteiger partial charge < -0.3 is 5.32 Å². The van der Waals surface area contributed by atoms with E-state index in [1.165, 1.54) is 17.6 Å². The number of benzene rings is 1. The van der Waals surface area contributed by atoms with Gasteiger partial charge >= 0.3 is 0 Å². The van der Waals surface area contributed by atoms with Crippen molar-refractivity contribution in [1.82, 2.24) is 0 Å². The number of hydrogen-bond donors (Lipinski definition) is 1. The summed E-state index contributed by atoms with van der Waals surface area (Å²) in [6.07, 6.45) is 1.23. The van der Waals surface area contributed by atoms with Crippen LogP contribution in [-0.2, 0) is 0 Å². The lowest BCUT2D eigenvalue weighted by molar-refractivity contribution is 0.607. The Hall–Kier alpha value is -0.915. The molecule has 0 aliphatic carbocycles. The van der Waals surface area contributed by atoms with Crippen molar-refractivity contribution >= 4 is 19.0 Å². The van der Waals surface area contributed by atoms with Crippen molar-refractivity contribution in [3.8, 4) is 0 Å². The summed E-state index contributed by atoms with van der Waals surface area (Å²) < 4.78 is 0. The van der Waals surface area contributed by atoms with Gasteiger partial charge in [-0.05, 0) is 24.5 Å². The molecule has 0 fully saturated rings. The Bertz CT molecular complexity index is 258. The molecule has 1 aromatic carbocycles. The van der Waals surface area contributed by atoms with E-state index < -0.39 is 0 Å². The highest BCUT2D eigenvalue weighted by molar-refractivity contribution is 6.32. The third kappa shape index (κ3) is 4.02. The van der Waals surface area contributed by atoms with Crippen molar-refractivity contribution in [3.63, 3.8) is 0 Å². The summed E-state index contributed by atoms with van der Waals surface area (Å²) >= 11 is 0. The summed E-state index contributed by atoms with van der Waals surface area (Å²) in [5.74, 6) is 0.775. The summed E-state index contributed by atoms with van der Waals surface area (Å²) in [7, 11) is 2.12. The Labute approximate surface area is 82.0 Å². The van der Waals surface area contributed by atoms with Crippen LogP contribution in [0.15, 0.2) is 24.3 Å². The molecular weight excluding hydrogens is 157 g/mol. The molecule has 0 radical (unpaired) electrons. The van der Waals surface area contributed by atoms with Gasteiger partial charge in [-0.3, -0.25) is 0 Å². The van der Waals surface area contributed by atoms with Crippen molar-refractivity contribution in [2.24, 2.45) is 5.92 Å². The van der Waals surface area contributed by atoms with Gasteiger partial charge in [-0.1, -0.05) is 31.4 Å². The highest BCUT2D eigenvalue weighted by atomic mass is 14.9. The van der Waals surface area contributed by atoms with Crippen LogP contribution in [0.2, 0.25) is 0 Å². The molecule has 0 spiro atoms. The van der Waals surface area contributed by atoms with E-state index >= 15 is 0 Å². The quantitative estimate of drug-likeness (QED) is 0.682. The largest absolute Gasteiger partial charge is 0.385 e. The lowest BCUT2D eigenvalue weighted by atomic mass is 9.96. The predicted molar refractivity (Wildman–Crippen MR) is 62.6 cm³/mol. The molecule has 1 aromatic rings. The molecule has 0 bridgehead atoms. The van der Waals surface area contributed by atoms with Crippen LogP contribution < -0.4 is 10.8 Å². The average molecular weight is 175 g/mol. The molecule has 2 heteroatoms. The standard InChI is InChI=1S/C11H18BN/c1-9(2)6-7-13-11-5-3-4-10(12)8-11/h3-5,8-9,13H,6-7,12H2,1-2H3. The highest BCUT2D eigenvalue weighted by Crippen LogP contribution is 2.05. The first-order chi connectivity index (χ1) is 6.18. The van der Waals surface area contributed by atoms with Crippen molar-refractivity contribution in [2.75, 3.05) is 11.9 Å². The maximum Gasteiger partial charge on any atom is 0.139 e. The third-order valence-corrected chi connectivity index (χ3v) is 2.07. The van der Waals surface area contributed by atoms with E-state index in [1.807, 2.05) is 0 Å². The van der Waals surface area contributed by atoms with Crippen molar-refractivity contribution in [3.05, 3.63) is 24.3 Å². The molecule has 0 aliphatic rings. The maximum absolute atomic E-state index is 3.42. The molecule has 0 saturated heterocycles. The zero-order valence-electron chi connectivity index (χ0n) is 8.80. The first-order valence-corrected chi connectivity index (χ1v) is 4.99. The zero-order chi connectivity index (χ0) is 9.68. The molecule has 1 nitrogen and oxygen atoms in total. The van der Waals surface area contributed by atoms with Gasteiger partial charge in [-0.25, -0.2) is 0 Å². The van der Waals surface area contributed by atoms with Crippen molar-refractivity contribution in [2.45, 2.75) is 20.3 Å². The second-order valence-corrected chi connectivity index (χ2v) is 3.98. The van der Waals surface area contributed by atoms with E-state index in [9.17, 15) is 0 Å². The maximum atomic E-state index is 3.42. The summed E-state index contributed by atoms with van der Waals surface area (Å²) in [4.78, 5) is 0. The molecular formula is C11H18BN. The zero-order valence-corrected chi connectivity index (χ0v) is 8.80. The Kier molecular flexibility index (Phi) is 3.87. The van der Waals surface area contributed by atoms with Crippen LogP contribution in [-0.4, -0.2) is 14.4 Å². The Morgan fingerprint density at radius 3 is 2.77 bits per heavy atom. The fraction of sp³-hybridized carbons (Fsp3) is 0.455. The van der Waals surface area contributed by atoms with Gasteiger partial charge in [0.25, 0.3) is 0 Å². The van der Waals surface area contributed by atoms with Crippen molar-refractivity contribution in [1.29, 1.82) is 0 Å². The number of rotatable bonds is 4. The van der Waals surface area contributed by atoms with Gasteiger partial charge in [-0.15, -0.1) is 0 Å². The van der Waals surface area contributed by atoms with Crippen LogP contribution in [0.1, 0.15) is 20.3 Å². The third-order valence-electron chi connectivity index (χ3n) is 2.07. The minimum Gasteiger partial charge on any atom is -0.385 e. The van der Waals surface area contributed by atoms with E-state index in [0.717, 1.165) is 12.5 Å². The summed E-state index contributed by atoms with van der Waals surface area (Å²) in [5, 5.41) is 3.42. The van der Waals surface area contributed by atoms with E-state index in [2.05, 4.69) is 51.3 Å². The topological polar surface area (TPSA) is 12.0 Å². The molecule has 0 aliphatic heterocycles. The number of anilines is 1. The normalized spacial score (nSPS) is 10.4. The predicted octanol–water partition coefficient (Wildman–Crippen LogP) is 1.40. The molecule has 0 aromatic heterocycles. The lowest BCUT2D eigenvalue weighted by Crippen LogP contribution is -2.08. The second kappa shape index (κ2) is 4.95. The highest BCUT2D eigenvalue weighted by Gasteiger charge is 1.94. The van der Waals surface area contributed by atoms with E-state index in [1.54, 1.807) is 0 Å². The fourth-order valence-corrected chi connectivity index (χ4v) is 1.26. The molecule has 1 rings (SSSR count).